The Hall–Kier alpha value is -2.88. The highest BCUT2D eigenvalue weighted by Gasteiger charge is 2.20. The largest absolute Gasteiger partial charge is 0.356 e. The molecule has 2 rings (SSSR count). The first-order chi connectivity index (χ1) is 12.1. The predicted molar refractivity (Wildman–Crippen MR) is 101 cm³/mol. The van der Waals surface area contributed by atoms with Crippen molar-refractivity contribution < 1.29 is 9.59 Å². The molecule has 0 atom stereocenters. The number of benzene rings is 1. The van der Waals surface area contributed by atoms with E-state index in [1.807, 2.05) is 49.4 Å². The van der Waals surface area contributed by atoms with E-state index in [-0.39, 0.29) is 18.2 Å². The Kier molecular flexibility index (Phi) is 6.52. The molecule has 1 aliphatic rings. The van der Waals surface area contributed by atoms with Gasteiger partial charge in [-0.1, -0.05) is 55.1 Å². The number of fused-ring (bicyclic) bond motifs is 1. The number of nitrogens with one attached hydrogen (secondary N) is 1. The summed E-state index contributed by atoms with van der Waals surface area (Å²) >= 11 is 0. The maximum absolute atomic E-state index is 12.8. The van der Waals surface area contributed by atoms with Crippen molar-refractivity contribution in [2.75, 3.05) is 6.54 Å². The molecule has 1 heterocycles. The highest BCUT2D eigenvalue weighted by atomic mass is 16.2. The fourth-order valence-corrected chi connectivity index (χ4v) is 2.77. The minimum absolute atomic E-state index is 0.0456. The summed E-state index contributed by atoms with van der Waals surface area (Å²) < 4.78 is 0. The van der Waals surface area contributed by atoms with Crippen molar-refractivity contribution in [2.24, 2.45) is 0 Å². The lowest BCUT2D eigenvalue weighted by molar-refractivity contribution is -0.129. The summed E-state index contributed by atoms with van der Waals surface area (Å²) in [5.74, 6) is -0.182. The molecule has 130 valence electrons. The maximum atomic E-state index is 12.8. The molecule has 0 fully saturated rings. The molecule has 0 aromatic heterocycles. The third-order valence-corrected chi connectivity index (χ3v) is 3.97. The highest BCUT2D eigenvalue weighted by Crippen LogP contribution is 2.25. The second kappa shape index (κ2) is 8.83. The fourth-order valence-electron chi connectivity index (χ4n) is 2.77. The molecular formula is C21H24N2O2. The number of allylic oxidation sites excluding steroid dienone is 5. The van der Waals surface area contributed by atoms with Gasteiger partial charge in [-0.3, -0.25) is 9.59 Å². The van der Waals surface area contributed by atoms with Gasteiger partial charge >= 0.3 is 0 Å². The second-order valence-electron chi connectivity index (χ2n) is 5.79. The Morgan fingerprint density at radius 1 is 1.28 bits per heavy atom. The van der Waals surface area contributed by atoms with Crippen molar-refractivity contribution in [1.29, 1.82) is 0 Å². The van der Waals surface area contributed by atoms with Gasteiger partial charge in [0.1, 0.15) is 0 Å². The topological polar surface area (TPSA) is 49.4 Å². The molecule has 0 aliphatic carbocycles. The Labute approximate surface area is 149 Å². The van der Waals surface area contributed by atoms with E-state index in [0.717, 1.165) is 22.4 Å². The maximum Gasteiger partial charge on any atom is 0.229 e. The van der Waals surface area contributed by atoms with Crippen LogP contribution >= 0.6 is 0 Å². The Morgan fingerprint density at radius 2 is 2.04 bits per heavy atom. The fraction of sp³-hybridized carbons (Fsp3) is 0.238. The smallest absolute Gasteiger partial charge is 0.229 e. The first kappa shape index (κ1) is 18.5. The van der Waals surface area contributed by atoms with Gasteiger partial charge in [0.15, 0.2) is 0 Å². The molecule has 4 nitrogen and oxygen atoms in total. The molecule has 1 aliphatic heterocycles. The van der Waals surface area contributed by atoms with Gasteiger partial charge in [-0.2, -0.15) is 0 Å². The lowest BCUT2D eigenvalue weighted by Gasteiger charge is -2.27. The molecule has 1 aromatic rings. The van der Waals surface area contributed by atoms with E-state index < -0.39 is 0 Å². The van der Waals surface area contributed by atoms with Crippen molar-refractivity contribution in [3.8, 4) is 0 Å². The monoisotopic (exact) mass is 336 g/mol. The van der Waals surface area contributed by atoms with E-state index in [4.69, 9.17) is 0 Å². The van der Waals surface area contributed by atoms with Gasteiger partial charge in [0.05, 0.1) is 12.2 Å². The highest BCUT2D eigenvalue weighted by molar-refractivity contribution is 5.81. The summed E-state index contributed by atoms with van der Waals surface area (Å²) in [5.41, 5.74) is 3.87. The molecule has 4 heteroatoms. The molecule has 2 amide bonds. The predicted octanol–water partition coefficient (Wildman–Crippen LogP) is 3.58. The summed E-state index contributed by atoms with van der Waals surface area (Å²) in [4.78, 5) is 25.6. The summed E-state index contributed by atoms with van der Waals surface area (Å²) in [5, 5.41) is 2.68. The van der Waals surface area contributed by atoms with Gasteiger partial charge in [0, 0.05) is 19.9 Å². The summed E-state index contributed by atoms with van der Waals surface area (Å²) in [6.07, 6.45) is 9.93. The van der Waals surface area contributed by atoms with Crippen LogP contribution in [-0.4, -0.2) is 23.3 Å². The van der Waals surface area contributed by atoms with Crippen molar-refractivity contribution >= 4 is 17.9 Å². The van der Waals surface area contributed by atoms with Crippen molar-refractivity contribution in [3.63, 3.8) is 0 Å². The molecule has 1 aromatic carbocycles. The van der Waals surface area contributed by atoms with Gasteiger partial charge < -0.3 is 10.2 Å². The Bertz CT molecular complexity index is 757. The zero-order chi connectivity index (χ0) is 18.2. The number of nitrogens with zero attached hydrogens (tertiary/aromatic N) is 1. The third kappa shape index (κ3) is 4.80. The number of rotatable bonds is 5. The number of hydrogen-bond acceptors (Lipinski definition) is 2. The van der Waals surface area contributed by atoms with E-state index in [9.17, 15) is 9.59 Å². The van der Waals surface area contributed by atoms with Crippen LogP contribution in [-0.2, 0) is 16.1 Å². The van der Waals surface area contributed by atoms with Crippen LogP contribution < -0.4 is 5.32 Å². The van der Waals surface area contributed by atoms with Crippen LogP contribution in [0, 0.1) is 0 Å². The van der Waals surface area contributed by atoms with Gasteiger partial charge in [0.25, 0.3) is 0 Å². The molecule has 0 unspecified atom stereocenters. The Balaban J connectivity index is 2.41. The standard InChI is InChI=1S/C21H24N2O2/c1-4-8-18-12-11-17-9-6-7-10-19(17)15-23(20(18)5-2)21(25)13-14-22-16(3)24/h4-12H,2,13-15H2,1,3H3,(H,22,24)/b8-4-,12-11-,20-18-. The Morgan fingerprint density at radius 3 is 2.72 bits per heavy atom. The summed E-state index contributed by atoms with van der Waals surface area (Å²) in [6, 6.07) is 8.02. The average Bonchev–Trinajstić information content (AvgIpc) is 2.57. The van der Waals surface area contributed by atoms with Crippen LogP contribution in [0.5, 0.6) is 0 Å². The van der Waals surface area contributed by atoms with Crippen LogP contribution in [0.3, 0.4) is 0 Å². The lowest BCUT2D eigenvalue weighted by atomic mass is 10.0. The van der Waals surface area contributed by atoms with Gasteiger partial charge in [-0.15, -0.1) is 0 Å². The SMILES string of the molecule is C=C/C1=C(\C=C/C)/C=C\c2ccccc2CN1C(=O)CCNC(C)=O. The molecule has 0 bridgehead atoms. The molecule has 0 spiro atoms. The second-order valence-corrected chi connectivity index (χ2v) is 5.79. The van der Waals surface area contributed by atoms with Gasteiger partial charge in [-0.05, 0) is 29.7 Å². The quantitative estimate of drug-likeness (QED) is 0.893. The number of carbonyl (C=O) groups is 2. The van der Waals surface area contributed by atoms with E-state index in [0.29, 0.717) is 13.1 Å². The van der Waals surface area contributed by atoms with Crippen molar-refractivity contribution in [3.05, 3.63) is 77.5 Å². The number of amides is 2. The van der Waals surface area contributed by atoms with Gasteiger partial charge in [-0.25, -0.2) is 0 Å². The first-order valence-electron chi connectivity index (χ1n) is 8.37. The summed E-state index contributed by atoms with van der Waals surface area (Å²) in [6.45, 7) is 8.08. The molecule has 25 heavy (non-hydrogen) atoms. The minimum atomic E-state index is -0.136. The summed E-state index contributed by atoms with van der Waals surface area (Å²) in [7, 11) is 0. The zero-order valence-corrected chi connectivity index (χ0v) is 14.8. The van der Waals surface area contributed by atoms with Crippen LogP contribution in [0.2, 0.25) is 0 Å². The normalized spacial score (nSPS) is 18.2. The third-order valence-electron chi connectivity index (χ3n) is 3.97. The molecular weight excluding hydrogens is 312 g/mol. The first-order valence-corrected chi connectivity index (χ1v) is 8.37. The molecule has 0 radical (unpaired) electrons. The van der Waals surface area contributed by atoms with Crippen LogP contribution in [0.15, 0.2) is 66.4 Å². The van der Waals surface area contributed by atoms with E-state index >= 15 is 0 Å². The lowest BCUT2D eigenvalue weighted by Crippen LogP contribution is -2.33. The van der Waals surface area contributed by atoms with Crippen LogP contribution in [0.25, 0.3) is 6.08 Å². The molecule has 1 N–H and O–H groups in total. The molecule has 0 saturated heterocycles. The van der Waals surface area contributed by atoms with E-state index in [1.165, 1.54) is 6.92 Å². The van der Waals surface area contributed by atoms with Crippen molar-refractivity contribution in [2.45, 2.75) is 26.8 Å². The van der Waals surface area contributed by atoms with Crippen LogP contribution in [0.1, 0.15) is 31.4 Å². The van der Waals surface area contributed by atoms with E-state index in [2.05, 4.69) is 18.0 Å². The zero-order valence-electron chi connectivity index (χ0n) is 14.8. The molecule has 0 saturated carbocycles. The number of carbonyl (C=O) groups excluding carboxylic acids is 2. The number of hydrogen-bond donors (Lipinski definition) is 1. The van der Waals surface area contributed by atoms with Gasteiger partial charge in [0.2, 0.25) is 11.8 Å². The van der Waals surface area contributed by atoms with Crippen molar-refractivity contribution in [1.82, 2.24) is 10.2 Å². The van der Waals surface area contributed by atoms with E-state index in [1.54, 1.807) is 11.0 Å². The van der Waals surface area contributed by atoms with Crippen LogP contribution in [0.4, 0.5) is 0 Å². The average molecular weight is 336 g/mol. The minimum Gasteiger partial charge on any atom is -0.356 e.